The molecule has 0 aliphatic carbocycles. The molecule has 0 unspecified atom stereocenters. The zero-order valence-electron chi connectivity index (χ0n) is 9.31. The molecule has 0 aromatic carbocycles. The number of fused-ring (bicyclic) bond motifs is 3. The summed E-state index contributed by atoms with van der Waals surface area (Å²) in [6, 6.07) is 3.88. The molecule has 0 aliphatic rings. The van der Waals surface area contributed by atoms with Gasteiger partial charge in [0.05, 0.1) is 26.3 Å². The molecular formula is C11H10ClN3OS. The maximum atomic E-state index is 10.1. The largest absolute Gasteiger partial charge is 0.382 e. The maximum absolute atomic E-state index is 10.1. The summed E-state index contributed by atoms with van der Waals surface area (Å²) in [7, 11) is 0. The second kappa shape index (κ2) is 3.41. The van der Waals surface area contributed by atoms with Gasteiger partial charge < -0.3 is 5.11 Å². The fourth-order valence-electron chi connectivity index (χ4n) is 1.90. The lowest BCUT2D eigenvalue weighted by atomic mass is 10.1. The summed E-state index contributed by atoms with van der Waals surface area (Å²) in [6.45, 7) is 3.38. The van der Waals surface area contributed by atoms with Crippen LogP contribution in [0.15, 0.2) is 18.3 Å². The second-order valence-corrected chi connectivity index (χ2v) is 6.15. The molecule has 0 aliphatic heterocycles. The first-order valence-corrected chi connectivity index (χ1v) is 6.31. The highest BCUT2D eigenvalue weighted by Gasteiger charge is 2.23. The molecule has 0 saturated heterocycles. The third-order valence-electron chi connectivity index (χ3n) is 2.59. The predicted octanol–water partition coefficient (Wildman–Crippen LogP) is 2.82. The van der Waals surface area contributed by atoms with Gasteiger partial charge in [0.15, 0.2) is 5.82 Å². The van der Waals surface area contributed by atoms with Gasteiger partial charge in [0.25, 0.3) is 0 Å². The van der Waals surface area contributed by atoms with Crippen LogP contribution in [0.1, 0.15) is 19.7 Å². The van der Waals surface area contributed by atoms with Gasteiger partial charge in [-0.15, -0.1) is 16.4 Å². The van der Waals surface area contributed by atoms with E-state index in [2.05, 4.69) is 10.2 Å². The monoisotopic (exact) mass is 267 g/mol. The standard InChI is InChI=1S/C11H10ClN3OS/c1-11(2,16)10-14-13-5-6-3-8-7(15(6)10)4-9(12)17-8/h3-5,16H,1-2H3. The van der Waals surface area contributed by atoms with Crippen LogP contribution in [0.4, 0.5) is 0 Å². The van der Waals surface area contributed by atoms with Crippen LogP contribution < -0.4 is 0 Å². The maximum Gasteiger partial charge on any atom is 0.168 e. The van der Waals surface area contributed by atoms with E-state index in [0.29, 0.717) is 5.82 Å². The molecule has 88 valence electrons. The van der Waals surface area contributed by atoms with E-state index in [-0.39, 0.29) is 0 Å². The van der Waals surface area contributed by atoms with Crippen LogP contribution in [0.2, 0.25) is 4.34 Å². The molecule has 17 heavy (non-hydrogen) atoms. The molecule has 1 N–H and O–H groups in total. The van der Waals surface area contributed by atoms with Gasteiger partial charge in [0.1, 0.15) is 5.60 Å². The molecule has 3 rings (SSSR count). The zero-order chi connectivity index (χ0) is 12.2. The van der Waals surface area contributed by atoms with Crippen LogP contribution in [0.25, 0.3) is 15.7 Å². The predicted molar refractivity (Wildman–Crippen MR) is 68.6 cm³/mol. The van der Waals surface area contributed by atoms with Gasteiger partial charge in [-0.05, 0) is 26.0 Å². The van der Waals surface area contributed by atoms with Crippen molar-refractivity contribution in [3.05, 3.63) is 28.5 Å². The van der Waals surface area contributed by atoms with Crippen LogP contribution in [-0.2, 0) is 5.60 Å². The van der Waals surface area contributed by atoms with Crippen molar-refractivity contribution in [1.82, 2.24) is 14.6 Å². The van der Waals surface area contributed by atoms with E-state index < -0.39 is 5.60 Å². The van der Waals surface area contributed by atoms with E-state index in [4.69, 9.17) is 11.6 Å². The van der Waals surface area contributed by atoms with Gasteiger partial charge >= 0.3 is 0 Å². The normalized spacial score (nSPS) is 12.7. The molecule has 0 amide bonds. The Balaban J connectivity index is 2.50. The van der Waals surface area contributed by atoms with Crippen molar-refractivity contribution in [1.29, 1.82) is 0 Å². The lowest BCUT2D eigenvalue weighted by molar-refractivity contribution is 0.0666. The van der Waals surface area contributed by atoms with E-state index in [1.807, 2.05) is 16.5 Å². The van der Waals surface area contributed by atoms with Crippen LogP contribution >= 0.6 is 22.9 Å². The molecule has 4 nitrogen and oxygen atoms in total. The van der Waals surface area contributed by atoms with Crippen molar-refractivity contribution in [3.63, 3.8) is 0 Å². The van der Waals surface area contributed by atoms with E-state index in [1.54, 1.807) is 20.0 Å². The summed E-state index contributed by atoms with van der Waals surface area (Å²) in [5.41, 5.74) is 0.824. The van der Waals surface area contributed by atoms with Gasteiger partial charge in [0.2, 0.25) is 0 Å². The molecule has 3 aromatic heterocycles. The molecule has 0 radical (unpaired) electrons. The fourth-order valence-corrected chi connectivity index (χ4v) is 3.06. The Kier molecular flexibility index (Phi) is 2.20. The van der Waals surface area contributed by atoms with Crippen LogP contribution in [-0.4, -0.2) is 19.7 Å². The van der Waals surface area contributed by atoms with Gasteiger partial charge in [-0.1, -0.05) is 11.6 Å². The molecule has 0 saturated carbocycles. The van der Waals surface area contributed by atoms with Crippen molar-refractivity contribution in [2.75, 3.05) is 0 Å². The Bertz CT molecular complexity index is 710. The Hall–Kier alpha value is -1.17. The number of rotatable bonds is 1. The minimum Gasteiger partial charge on any atom is -0.382 e. The first-order chi connectivity index (χ1) is 7.97. The summed E-state index contributed by atoms with van der Waals surface area (Å²) in [6.07, 6.45) is 1.68. The number of aromatic nitrogens is 3. The van der Waals surface area contributed by atoms with Crippen molar-refractivity contribution in [2.45, 2.75) is 19.4 Å². The highest BCUT2D eigenvalue weighted by molar-refractivity contribution is 7.22. The first kappa shape index (κ1) is 11.0. The molecular weight excluding hydrogens is 258 g/mol. The molecule has 6 heteroatoms. The quantitative estimate of drug-likeness (QED) is 0.738. The summed E-state index contributed by atoms with van der Waals surface area (Å²) in [4.78, 5) is 0. The van der Waals surface area contributed by atoms with Gasteiger partial charge in [-0.2, -0.15) is 5.10 Å². The average molecular weight is 268 g/mol. The number of halogens is 1. The van der Waals surface area contributed by atoms with E-state index in [1.165, 1.54) is 11.3 Å². The van der Waals surface area contributed by atoms with Crippen LogP contribution in [0.5, 0.6) is 0 Å². The minimum absolute atomic E-state index is 0.513. The SMILES string of the molecule is CC(C)(O)c1nncc2cc3sc(Cl)cc3n12. The Morgan fingerprint density at radius 3 is 2.88 bits per heavy atom. The lowest BCUT2D eigenvalue weighted by Gasteiger charge is -2.17. The van der Waals surface area contributed by atoms with Crippen molar-refractivity contribution in [2.24, 2.45) is 0 Å². The molecule has 3 heterocycles. The molecule has 0 bridgehead atoms. The first-order valence-electron chi connectivity index (χ1n) is 5.12. The number of thiophene rings is 1. The minimum atomic E-state index is -1.05. The average Bonchev–Trinajstić information content (AvgIpc) is 2.71. The molecule has 3 aromatic rings. The molecule has 0 atom stereocenters. The van der Waals surface area contributed by atoms with Crippen molar-refractivity contribution in [3.8, 4) is 0 Å². The number of aliphatic hydroxyl groups is 1. The Labute approximate surface area is 106 Å². The second-order valence-electron chi connectivity index (χ2n) is 4.43. The number of hydrogen-bond donors (Lipinski definition) is 1. The van der Waals surface area contributed by atoms with Crippen molar-refractivity contribution < 1.29 is 5.11 Å². The smallest absolute Gasteiger partial charge is 0.168 e. The molecule has 0 fully saturated rings. The van der Waals surface area contributed by atoms with Gasteiger partial charge in [-0.25, -0.2) is 0 Å². The third kappa shape index (κ3) is 1.62. The zero-order valence-corrected chi connectivity index (χ0v) is 10.9. The summed E-state index contributed by atoms with van der Waals surface area (Å²) in [5, 5.41) is 18.1. The Morgan fingerprint density at radius 1 is 1.41 bits per heavy atom. The highest BCUT2D eigenvalue weighted by Crippen LogP contribution is 2.33. The highest BCUT2D eigenvalue weighted by atomic mass is 35.5. The van der Waals surface area contributed by atoms with E-state index in [9.17, 15) is 5.11 Å². The third-order valence-corrected chi connectivity index (χ3v) is 3.79. The molecule has 0 spiro atoms. The van der Waals surface area contributed by atoms with Gasteiger partial charge in [-0.3, -0.25) is 4.40 Å². The number of nitrogens with zero attached hydrogens (tertiary/aromatic N) is 3. The topological polar surface area (TPSA) is 50.4 Å². The number of hydrogen-bond acceptors (Lipinski definition) is 4. The summed E-state index contributed by atoms with van der Waals surface area (Å²) >= 11 is 7.50. The summed E-state index contributed by atoms with van der Waals surface area (Å²) in [5.74, 6) is 0.513. The van der Waals surface area contributed by atoms with E-state index >= 15 is 0 Å². The van der Waals surface area contributed by atoms with Crippen molar-refractivity contribution >= 4 is 38.7 Å². The van der Waals surface area contributed by atoms with E-state index in [0.717, 1.165) is 20.1 Å². The fraction of sp³-hybridized carbons (Fsp3) is 0.273. The van der Waals surface area contributed by atoms with Crippen LogP contribution in [0, 0.1) is 0 Å². The Morgan fingerprint density at radius 2 is 2.18 bits per heavy atom. The lowest BCUT2D eigenvalue weighted by Crippen LogP contribution is -2.22. The van der Waals surface area contributed by atoms with Crippen LogP contribution in [0.3, 0.4) is 0 Å². The summed E-state index contributed by atoms with van der Waals surface area (Å²) < 4.78 is 3.68. The van der Waals surface area contributed by atoms with Gasteiger partial charge in [0, 0.05) is 0 Å².